The summed E-state index contributed by atoms with van der Waals surface area (Å²) in [7, 11) is 1.60. The predicted molar refractivity (Wildman–Crippen MR) is 92.4 cm³/mol. The van der Waals surface area contributed by atoms with Gasteiger partial charge in [0.25, 0.3) is 5.91 Å². The minimum absolute atomic E-state index is 0.316. The van der Waals surface area contributed by atoms with Crippen molar-refractivity contribution in [1.82, 2.24) is 10.3 Å². The fraction of sp³-hybridized carbons (Fsp3) is 0.353. The second-order valence-electron chi connectivity index (χ2n) is 5.10. The molecule has 1 aromatic heterocycles. The van der Waals surface area contributed by atoms with Gasteiger partial charge in [-0.3, -0.25) is 4.79 Å². The Kier molecular flexibility index (Phi) is 5.92. The number of aromatic nitrogens is 1. The first kappa shape index (κ1) is 17.9. The van der Waals surface area contributed by atoms with Crippen molar-refractivity contribution in [2.75, 3.05) is 13.7 Å². The van der Waals surface area contributed by atoms with Crippen molar-refractivity contribution >= 4 is 23.2 Å². The molecule has 0 saturated carbocycles. The predicted octanol–water partition coefficient (Wildman–Crippen LogP) is 2.81. The Labute approximate surface area is 144 Å². The molecule has 1 N–H and O–H groups in total. The second-order valence-corrected chi connectivity index (χ2v) is 6.10. The average molecular weight is 348 g/mol. The van der Waals surface area contributed by atoms with Gasteiger partial charge in [-0.2, -0.15) is 0 Å². The van der Waals surface area contributed by atoms with Crippen LogP contribution in [-0.2, 0) is 9.53 Å². The minimum Gasteiger partial charge on any atom is -0.497 e. The third-order valence-electron chi connectivity index (χ3n) is 3.32. The molecular formula is C17H20N2O4S. The van der Waals surface area contributed by atoms with Gasteiger partial charge in [0.1, 0.15) is 15.6 Å². The summed E-state index contributed by atoms with van der Waals surface area (Å²) in [6.45, 7) is 5.59. The van der Waals surface area contributed by atoms with E-state index in [0.29, 0.717) is 22.1 Å². The number of nitrogens with one attached hydrogen (secondary N) is 1. The van der Waals surface area contributed by atoms with Crippen LogP contribution in [0.4, 0.5) is 0 Å². The van der Waals surface area contributed by atoms with Crippen molar-refractivity contribution in [3.63, 3.8) is 0 Å². The standard InChI is InChI=1S/C17H20N2O4S/c1-5-18-15(20)11(3)23-17(21)14-10(2)19-16(24-14)12-6-8-13(22-4)9-7-12/h6-9,11H,5H2,1-4H3,(H,18,20)/t11-/m1/s1. The lowest BCUT2D eigenvalue weighted by Gasteiger charge is -2.11. The first-order valence-electron chi connectivity index (χ1n) is 7.56. The highest BCUT2D eigenvalue weighted by molar-refractivity contribution is 7.17. The molecule has 2 aromatic rings. The fourth-order valence-electron chi connectivity index (χ4n) is 2.03. The highest BCUT2D eigenvalue weighted by Crippen LogP contribution is 2.29. The fourth-order valence-corrected chi connectivity index (χ4v) is 2.98. The SMILES string of the molecule is CCNC(=O)[C@@H](C)OC(=O)c1sc(-c2ccc(OC)cc2)nc1C. The maximum atomic E-state index is 12.3. The first-order valence-corrected chi connectivity index (χ1v) is 8.38. The molecule has 0 bridgehead atoms. The van der Waals surface area contributed by atoms with Crippen LogP contribution in [-0.4, -0.2) is 36.6 Å². The van der Waals surface area contributed by atoms with Gasteiger partial charge in [0.2, 0.25) is 0 Å². The Bertz CT molecular complexity index is 725. The molecule has 0 saturated heterocycles. The van der Waals surface area contributed by atoms with Crippen molar-refractivity contribution in [3.05, 3.63) is 34.8 Å². The molecule has 1 heterocycles. The average Bonchev–Trinajstić information content (AvgIpc) is 2.97. The number of carbonyl (C=O) groups is 2. The van der Waals surface area contributed by atoms with Gasteiger partial charge < -0.3 is 14.8 Å². The second kappa shape index (κ2) is 7.92. The topological polar surface area (TPSA) is 77.5 Å². The number of likely N-dealkylation sites (N-methyl/N-ethyl adjacent to an activating group) is 1. The van der Waals surface area contributed by atoms with Crippen LogP contribution in [0.1, 0.15) is 29.2 Å². The van der Waals surface area contributed by atoms with Gasteiger partial charge in [-0.15, -0.1) is 11.3 Å². The lowest BCUT2D eigenvalue weighted by Crippen LogP contribution is -2.35. The van der Waals surface area contributed by atoms with Crippen LogP contribution in [0.2, 0.25) is 0 Å². The van der Waals surface area contributed by atoms with Gasteiger partial charge in [0, 0.05) is 12.1 Å². The lowest BCUT2D eigenvalue weighted by atomic mass is 10.2. The third-order valence-corrected chi connectivity index (χ3v) is 4.51. The van der Waals surface area contributed by atoms with E-state index in [1.807, 2.05) is 24.3 Å². The highest BCUT2D eigenvalue weighted by atomic mass is 32.1. The zero-order valence-corrected chi connectivity index (χ0v) is 14.9. The highest BCUT2D eigenvalue weighted by Gasteiger charge is 2.22. The van der Waals surface area contributed by atoms with E-state index in [1.54, 1.807) is 27.9 Å². The molecule has 1 aromatic carbocycles. The van der Waals surface area contributed by atoms with E-state index < -0.39 is 12.1 Å². The Morgan fingerprint density at radius 2 is 1.96 bits per heavy atom. The molecule has 24 heavy (non-hydrogen) atoms. The van der Waals surface area contributed by atoms with Gasteiger partial charge in [-0.25, -0.2) is 9.78 Å². The minimum atomic E-state index is -0.844. The summed E-state index contributed by atoms with van der Waals surface area (Å²) in [4.78, 5) is 28.8. The van der Waals surface area contributed by atoms with Crippen LogP contribution >= 0.6 is 11.3 Å². The van der Waals surface area contributed by atoms with Crippen molar-refractivity contribution in [3.8, 4) is 16.3 Å². The Morgan fingerprint density at radius 3 is 2.54 bits per heavy atom. The molecule has 128 valence electrons. The smallest absolute Gasteiger partial charge is 0.351 e. The van der Waals surface area contributed by atoms with Crippen LogP contribution in [0.3, 0.4) is 0 Å². The van der Waals surface area contributed by atoms with Gasteiger partial charge in [-0.05, 0) is 45.0 Å². The number of hydrogen-bond donors (Lipinski definition) is 1. The molecule has 0 aliphatic rings. The van der Waals surface area contributed by atoms with Gasteiger partial charge in [-0.1, -0.05) is 0 Å². The number of aryl methyl sites for hydroxylation is 1. The van der Waals surface area contributed by atoms with E-state index in [4.69, 9.17) is 9.47 Å². The van der Waals surface area contributed by atoms with Crippen LogP contribution in [0, 0.1) is 6.92 Å². The number of esters is 1. The van der Waals surface area contributed by atoms with E-state index in [0.717, 1.165) is 11.3 Å². The number of rotatable bonds is 6. The summed E-state index contributed by atoms with van der Waals surface area (Å²) in [5.41, 5.74) is 1.47. The molecule has 0 radical (unpaired) electrons. The zero-order chi connectivity index (χ0) is 17.7. The van der Waals surface area contributed by atoms with Crippen LogP contribution in [0.15, 0.2) is 24.3 Å². The Hall–Kier alpha value is -2.41. The molecule has 0 spiro atoms. The van der Waals surface area contributed by atoms with E-state index >= 15 is 0 Å². The summed E-state index contributed by atoms with van der Waals surface area (Å²) < 4.78 is 10.3. The zero-order valence-electron chi connectivity index (χ0n) is 14.1. The molecule has 0 fully saturated rings. The number of hydrogen-bond acceptors (Lipinski definition) is 6. The number of thiazole rings is 1. The largest absolute Gasteiger partial charge is 0.497 e. The van der Waals surface area contributed by atoms with Crippen molar-refractivity contribution in [2.24, 2.45) is 0 Å². The van der Waals surface area contributed by atoms with Crippen molar-refractivity contribution < 1.29 is 19.1 Å². The van der Waals surface area contributed by atoms with Gasteiger partial charge >= 0.3 is 5.97 Å². The molecule has 6 nitrogen and oxygen atoms in total. The normalized spacial score (nSPS) is 11.7. The van der Waals surface area contributed by atoms with Crippen molar-refractivity contribution in [1.29, 1.82) is 0 Å². The van der Waals surface area contributed by atoms with Crippen LogP contribution in [0.5, 0.6) is 5.75 Å². The molecule has 1 amide bonds. The molecule has 0 aliphatic heterocycles. The van der Waals surface area contributed by atoms with E-state index in [-0.39, 0.29) is 5.91 Å². The third kappa shape index (κ3) is 4.11. The summed E-state index contributed by atoms with van der Waals surface area (Å²) in [6.07, 6.45) is -0.844. The van der Waals surface area contributed by atoms with Crippen LogP contribution < -0.4 is 10.1 Å². The number of methoxy groups -OCH3 is 1. The van der Waals surface area contributed by atoms with Crippen molar-refractivity contribution in [2.45, 2.75) is 26.9 Å². The quantitative estimate of drug-likeness (QED) is 0.812. The molecular weight excluding hydrogens is 328 g/mol. The Morgan fingerprint density at radius 1 is 1.29 bits per heavy atom. The molecule has 1 atom stereocenters. The molecule has 0 unspecified atom stereocenters. The van der Waals surface area contributed by atoms with Gasteiger partial charge in [0.15, 0.2) is 6.10 Å². The maximum Gasteiger partial charge on any atom is 0.351 e. The summed E-state index contributed by atoms with van der Waals surface area (Å²) in [5.74, 6) is -0.102. The number of benzene rings is 1. The molecule has 2 rings (SSSR count). The van der Waals surface area contributed by atoms with Crippen LogP contribution in [0.25, 0.3) is 10.6 Å². The van der Waals surface area contributed by atoms with E-state index in [2.05, 4.69) is 10.3 Å². The van der Waals surface area contributed by atoms with Gasteiger partial charge in [0.05, 0.1) is 12.8 Å². The number of amides is 1. The number of carbonyl (C=O) groups excluding carboxylic acids is 2. The molecule has 7 heteroatoms. The van der Waals surface area contributed by atoms with E-state index in [9.17, 15) is 9.59 Å². The van der Waals surface area contributed by atoms with E-state index in [1.165, 1.54) is 11.3 Å². The maximum absolute atomic E-state index is 12.3. The summed E-state index contributed by atoms with van der Waals surface area (Å²) in [6, 6.07) is 7.43. The molecule has 0 aliphatic carbocycles. The lowest BCUT2D eigenvalue weighted by molar-refractivity contribution is -0.128. The monoisotopic (exact) mass is 348 g/mol. The Balaban J connectivity index is 2.15. The first-order chi connectivity index (χ1) is 11.5. The summed E-state index contributed by atoms with van der Waals surface area (Å²) >= 11 is 1.24. The number of ether oxygens (including phenoxy) is 2. The number of nitrogens with zero attached hydrogens (tertiary/aromatic N) is 1. The summed E-state index contributed by atoms with van der Waals surface area (Å²) in [5, 5.41) is 3.33.